The lowest BCUT2D eigenvalue weighted by molar-refractivity contribution is -0.196. The molecule has 0 radical (unpaired) electrons. The van der Waals surface area contributed by atoms with E-state index in [1.54, 1.807) is 6.92 Å². The maximum absolute atomic E-state index is 11.3. The number of carbonyl (C=O) groups is 3. The molecule has 1 heterocycles. The molecule has 1 aliphatic heterocycles. The van der Waals surface area contributed by atoms with Gasteiger partial charge in [-0.2, -0.15) is 0 Å². The summed E-state index contributed by atoms with van der Waals surface area (Å²) in [6, 6.07) is 0. The summed E-state index contributed by atoms with van der Waals surface area (Å²) in [5, 5.41) is 0. The summed E-state index contributed by atoms with van der Waals surface area (Å²) in [5.74, 6) is -1.63. The predicted molar refractivity (Wildman–Crippen MR) is 74.0 cm³/mol. The zero-order chi connectivity index (χ0) is 17.4. The van der Waals surface area contributed by atoms with Gasteiger partial charge >= 0.3 is 17.9 Å². The highest BCUT2D eigenvalue weighted by molar-refractivity contribution is 5.67. The summed E-state index contributed by atoms with van der Waals surface area (Å²) in [5.41, 5.74) is 0. The number of ether oxygens (including phenoxy) is 6. The molecule has 0 aromatic carbocycles. The van der Waals surface area contributed by atoms with Gasteiger partial charge in [-0.05, 0) is 6.92 Å². The fourth-order valence-electron chi connectivity index (χ4n) is 2.04. The van der Waals surface area contributed by atoms with E-state index in [1.807, 2.05) is 0 Å². The highest BCUT2D eigenvalue weighted by atomic mass is 16.7. The van der Waals surface area contributed by atoms with Crippen LogP contribution in [0.3, 0.4) is 0 Å². The van der Waals surface area contributed by atoms with E-state index in [-0.39, 0.29) is 26.3 Å². The molecule has 0 saturated carbocycles. The van der Waals surface area contributed by atoms with Gasteiger partial charge in [0, 0.05) is 20.8 Å². The average Bonchev–Trinajstić information content (AvgIpc) is 2.85. The monoisotopic (exact) mass is 334 g/mol. The molecule has 0 bridgehead atoms. The molecular weight excluding hydrogens is 312 g/mol. The van der Waals surface area contributed by atoms with Gasteiger partial charge in [-0.3, -0.25) is 14.4 Å². The molecule has 0 N–H and O–H groups in total. The first-order chi connectivity index (χ1) is 10.8. The van der Waals surface area contributed by atoms with Crippen LogP contribution in [0.1, 0.15) is 27.7 Å². The Morgan fingerprint density at radius 1 is 1.04 bits per heavy atom. The zero-order valence-corrected chi connectivity index (χ0v) is 13.6. The normalized spacial score (nSPS) is 23.0. The molecule has 132 valence electrons. The Balaban J connectivity index is 2.82. The van der Waals surface area contributed by atoms with Crippen molar-refractivity contribution < 1.29 is 42.8 Å². The van der Waals surface area contributed by atoms with Crippen LogP contribution in [0, 0.1) is 0 Å². The third-order valence-corrected chi connectivity index (χ3v) is 3.04. The van der Waals surface area contributed by atoms with E-state index in [4.69, 9.17) is 28.4 Å². The Morgan fingerprint density at radius 2 is 1.70 bits per heavy atom. The first-order valence-electron chi connectivity index (χ1n) is 7.10. The number of esters is 3. The molecular formula is C14H22O9. The highest BCUT2D eigenvalue weighted by Gasteiger charge is 2.41. The minimum absolute atomic E-state index is 0.0552. The van der Waals surface area contributed by atoms with Crippen molar-refractivity contribution in [3.63, 3.8) is 0 Å². The molecule has 1 rings (SSSR count). The smallest absolute Gasteiger partial charge is 0.304 e. The second kappa shape index (κ2) is 9.43. The van der Waals surface area contributed by atoms with Crippen LogP contribution in [0.5, 0.6) is 0 Å². The Morgan fingerprint density at radius 3 is 2.17 bits per heavy atom. The highest BCUT2D eigenvalue weighted by Crippen LogP contribution is 2.22. The van der Waals surface area contributed by atoms with Crippen LogP contribution in [0.4, 0.5) is 0 Å². The summed E-state index contributed by atoms with van der Waals surface area (Å²) in [4.78, 5) is 33.2. The second-order valence-corrected chi connectivity index (χ2v) is 4.96. The lowest BCUT2D eigenvalue weighted by atomic mass is 10.0. The molecule has 4 unspecified atom stereocenters. The van der Waals surface area contributed by atoms with E-state index in [0.29, 0.717) is 0 Å². The largest absolute Gasteiger partial charge is 0.462 e. The third-order valence-electron chi connectivity index (χ3n) is 3.04. The Bertz CT molecular complexity index is 422. The molecule has 0 aliphatic carbocycles. The molecule has 0 aromatic heterocycles. The SMILES string of the molecule is CC(=O)OCOC(C(COC(C)=O)OC(C)=O)C1OCOC1C. The first kappa shape index (κ1) is 19.3. The van der Waals surface area contributed by atoms with Gasteiger partial charge in [0.25, 0.3) is 0 Å². The van der Waals surface area contributed by atoms with E-state index in [1.165, 1.54) is 20.8 Å². The lowest BCUT2D eigenvalue weighted by Crippen LogP contribution is -2.48. The molecule has 1 fully saturated rings. The lowest BCUT2D eigenvalue weighted by Gasteiger charge is -2.30. The zero-order valence-electron chi connectivity index (χ0n) is 13.6. The summed E-state index contributed by atoms with van der Waals surface area (Å²) in [7, 11) is 0. The standard InChI is InChI=1S/C14H22O9/c1-8-13(21-6-19-8)14(22-7-20-10(3)16)12(23-11(4)17)5-18-9(2)15/h8,12-14H,5-7H2,1-4H3. The molecule has 0 aromatic rings. The predicted octanol–water partition coefficient (Wildman–Crippen LogP) is 0.148. The molecule has 1 saturated heterocycles. The van der Waals surface area contributed by atoms with Gasteiger partial charge < -0.3 is 28.4 Å². The Hall–Kier alpha value is -1.71. The van der Waals surface area contributed by atoms with Gasteiger partial charge in [-0.15, -0.1) is 0 Å². The Labute approximate surface area is 134 Å². The van der Waals surface area contributed by atoms with Crippen molar-refractivity contribution >= 4 is 17.9 Å². The molecule has 9 nitrogen and oxygen atoms in total. The van der Waals surface area contributed by atoms with Gasteiger partial charge in [0.2, 0.25) is 0 Å². The minimum Gasteiger partial charge on any atom is -0.462 e. The van der Waals surface area contributed by atoms with Crippen LogP contribution in [-0.4, -0.2) is 62.5 Å². The Kier molecular flexibility index (Phi) is 7.93. The molecule has 4 atom stereocenters. The third kappa shape index (κ3) is 6.93. The van der Waals surface area contributed by atoms with Gasteiger partial charge in [-0.25, -0.2) is 0 Å². The topological polar surface area (TPSA) is 107 Å². The van der Waals surface area contributed by atoms with Crippen molar-refractivity contribution in [1.29, 1.82) is 0 Å². The van der Waals surface area contributed by atoms with E-state index >= 15 is 0 Å². The number of hydrogen-bond acceptors (Lipinski definition) is 9. The maximum atomic E-state index is 11.3. The molecule has 1 aliphatic rings. The van der Waals surface area contributed by atoms with Crippen LogP contribution in [-0.2, 0) is 42.8 Å². The van der Waals surface area contributed by atoms with Crippen molar-refractivity contribution in [2.45, 2.75) is 52.1 Å². The summed E-state index contributed by atoms with van der Waals surface area (Å²) in [6.45, 7) is 4.93. The minimum atomic E-state index is -0.930. The first-order valence-corrected chi connectivity index (χ1v) is 7.10. The second-order valence-electron chi connectivity index (χ2n) is 4.96. The average molecular weight is 334 g/mol. The number of rotatable bonds is 8. The molecule has 9 heteroatoms. The summed E-state index contributed by atoms with van der Waals surface area (Å²) < 4.78 is 31.0. The van der Waals surface area contributed by atoms with Crippen molar-refractivity contribution in [3.8, 4) is 0 Å². The van der Waals surface area contributed by atoms with E-state index in [0.717, 1.165) is 0 Å². The van der Waals surface area contributed by atoms with E-state index in [2.05, 4.69) is 0 Å². The van der Waals surface area contributed by atoms with Crippen LogP contribution in [0.15, 0.2) is 0 Å². The van der Waals surface area contributed by atoms with Crippen LogP contribution in [0.25, 0.3) is 0 Å². The number of hydrogen-bond donors (Lipinski definition) is 0. The van der Waals surface area contributed by atoms with Gasteiger partial charge in [0.05, 0.1) is 6.10 Å². The van der Waals surface area contributed by atoms with Crippen LogP contribution < -0.4 is 0 Å². The van der Waals surface area contributed by atoms with Gasteiger partial charge in [0.15, 0.2) is 12.9 Å². The number of carbonyl (C=O) groups excluding carboxylic acids is 3. The fraction of sp³-hybridized carbons (Fsp3) is 0.786. The van der Waals surface area contributed by atoms with Gasteiger partial charge in [0.1, 0.15) is 25.6 Å². The van der Waals surface area contributed by atoms with Crippen LogP contribution in [0.2, 0.25) is 0 Å². The van der Waals surface area contributed by atoms with Crippen molar-refractivity contribution in [2.75, 3.05) is 20.2 Å². The van der Waals surface area contributed by atoms with Crippen molar-refractivity contribution in [2.24, 2.45) is 0 Å². The maximum Gasteiger partial charge on any atom is 0.304 e. The molecule has 0 spiro atoms. The fourth-order valence-corrected chi connectivity index (χ4v) is 2.04. The van der Waals surface area contributed by atoms with Crippen molar-refractivity contribution in [3.05, 3.63) is 0 Å². The van der Waals surface area contributed by atoms with Crippen molar-refractivity contribution in [1.82, 2.24) is 0 Å². The summed E-state index contributed by atoms with van der Waals surface area (Å²) in [6.07, 6.45) is -2.69. The van der Waals surface area contributed by atoms with E-state index in [9.17, 15) is 14.4 Å². The quantitative estimate of drug-likeness (QED) is 0.348. The molecule has 0 amide bonds. The molecule has 23 heavy (non-hydrogen) atoms. The summed E-state index contributed by atoms with van der Waals surface area (Å²) >= 11 is 0. The van der Waals surface area contributed by atoms with Crippen LogP contribution >= 0.6 is 0 Å². The van der Waals surface area contributed by atoms with Gasteiger partial charge in [-0.1, -0.05) is 0 Å². The van der Waals surface area contributed by atoms with E-state index < -0.39 is 36.2 Å².